The van der Waals surface area contributed by atoms with Crippen LogP contribution in [0.15, 0.2) is 54.6 Å². The van der Waals surface area contributed by atoms with Crippen LogP contribution in [0, 0.1) is 6.92 Å². The molecule has 0 atom stereocenters. The maximum absolute atomic E-state index is 13.2. The number of hydrogen-bond acceptors (Lipinski definition) is 3. The number of halogens is 3. The van der Waals surface area contributed by atoms with E-state index in [1.165, 1.54) is 10.7 Å². The van der Waals surface area contributed by atoms with E-state index >= 15 is 0 Å². The molecule has 150 valence electrons. The Morgan fingerprint density at radius 1 is 1.00 bits per heavy atom. The Morgan fingerprint density at radius 2 is 1.69 bits per heavy atom. The Balaban J connectivity index is 1.85. The maximum atomic E-state index is 13.2. The van der Waals surface area contributed by atoms with Gasteiger partial charge in [0.15, 0.2) is 5.69 Å². The highest BCUT2D eigenvalue weighted by atomic mass is 19.4. The summed E-state index contributed by atoms with van der Waals surface area (Å²) in [7, 11) is 0. The lowest BCUT2D eigenvalue weighted by Crippen LogP contribution is -2.21. The van der Waals surface area contributed by atoms with Gasteiger partial charge in [-0.1, -0.05) is 36.4 Å². The van der Waals surface area contributed by atoms with Crippen molar-refractivity contribution in [3.05, 3.63) is 77.1 Å². The van der Waals surface area contributed by atoms with E-state index in [0.29, 0.717) is 16.9 Å². The van der Waals surface area contributed by atoms with Gasteiger partial charge < -0.3 is 4.90 Å². The summed E-state index contributed by atoms with van der Waals surface area (Å²) in [6.45, 7) is 3.39. The monoisotopic (exact) mass is 399 g/mol. The maximum Gasteiger partial charge on any atom is 0.416 e. The van der Waals surface area contributed by atoms with Gasteiger partial charge >= 0.3 is 6.18 Å². The molecule has 0 radical (unpaired) electrons. The SMILES string of the molecule is Cc1c(N2CCCC2)c(C(=O)c2ccccc2)nn1-c1cccc(C(F)(F)F)c1. The van der Waals surface area contributed by atoms with Crippen LogP contribution in [0.25, 0.3) is 5.69 Å². The second-order valence-electron chi connectivity index (χ2n) is 7.13. The molecule has 7 heteroatoms. The number of aromatic nitrogens is 2. The second-order valence-corrected chi connectivity index (χ2v) is 7.13. The highest BCUT2D eigenvalue weighted by molar-refractivity contribution is 6.11. The fourth-order valence-electron chi connectivity index (χ4n) is 3.76. The van der Waals surface area contributed by atoms with Gasteiger partial charge in [-0.05, 0) is 38.0 Å². The van der Waals surface area contributed by atoms with Crippen molar-refractivity contribution in [3.8, 4) is 5.69 Å². The van der Waals surface area contributed by atoms with Crippen LogP contribution >= 0.6 is 0 Å². The summed E-state index contributed by atoms with van der Waals surface area (Å²) in [5.41, 5.74) is 1.67. The summed E-state index contributed by atoms with van der Waals surface area (Å²) < 4.78 is 41.0. The summed E-state index contributed by atoms with van der Waals surface area (Å²) in [6, 6.07) is 13.8. The fourth-order valence-corrected chi connectivity index (χ4v) is 3.76. The molecule has 1 aliphatic heterocycles. The van der Waals surface area contributed by atoms with Gasteiger partial charge in [0.1, 0.15) is 0 Å². The van der Waals surface area contributed by atoms with E-state index < -0.39 is 11.7 Å². The van der Waals surface area contributed by atoms with Gasteiger partial charge in [0.2, 0.25) is 5.78 Å². The van der Waals surface area contributed by atoms with Crippen molar-refractivity contribution in [2.45, 2.75) is 25.9 Å². The molecule has 1 aromatic heterocycles. The van der Waals surface area contributed by atoms with Crippen molar-refractivity contribution in [2.75, 3.05) is 18.0 Å². The van der Waals surface area contributed by atoms with Gasteiger partial charge in [-0.2, -0.15) is 18.3 Å². The van der Waals surface area contributed by atoms with Gasteiger partial charge in [0.05, 0.1) is 22.6 Å². The summed E-state index contributed by atoms with van der Waals surface area (Å²) in [5.74, 6) is -0.235. The largest absolute Gasteiger partial charge is 0.416 e. The fraction of sp³-hybridized carbons (Fsp3) is 0.273. The topological polar surface area (TPSA) is 38.1 Å². The van der Waals surface area contributed by atoms with Gasteiger partial charge in [-0.25, -0.2) is 4.68 Å². The van der Waals surface area contributed by atoms with Gasteiger partial charge in [0.25, 0.3) is 0 Å². The lowest BCUT2D eigenvalue weighted by atomic mass is 10.1. The molecule has 0 bridgehead atoms. The second kappa shape index (κ2) is 7.39. The zero-order valence-electron chi connectivity index (χ0n) is 15.9. The average molecular weight is 399 g/mol. The molecular formula is C22H20F3N3O. The quantitative estimate of drug-likeness (QED) is 0.578. The van der Waals surface area contributed by atoms with Crippen LogP contribution in [0.1, 0.15) is 40.2 Å². The number of ketones is 1. The summed E-state index contributed by atoms with van der Waals surface area (Å²) >= 11 is 0. The summed E-state index contributed by atoms with van der Waals surface area (Å²) in [5, 5.41) is 4.48. The van der Waals surface area contributed by atoms with Crippen molar-refractivity contribution >= 4 is 11.5 Å². The minimum Gasteiger partial charge on any atom is -0.368 e. The molecule has 1 aliphatic rings. The molecule has 0 saturated carbocycles. The zero-order chi connectivity index (χ0) is 20.6. The predicted octanol–water partition coefficient (Wildman–Crippen LogP) is 5.03. The number of rotatable bonds is 4. The minimum atomic E-state index is -4.45. The van der Waals surface area contributed by atoms with Crippen LogP contribution in [0.2, 0.25) is 0 Å². The van der Waals surface area contributed by atoms with E-state index in [0.717, 1.165) is 38.1 Å². The highest BCUT2D eigenvalue weighted by Crippen LogP contribution is 2.34. The molecule has 29 heavy (non-hydrogen) atoms. The molecule has 0 aliphatic carbocycles. The number of alkyl halides is 3. The Hall–Kier alpha value is -3.09. The molecule has 1 saturated heterocycles. The molecule has 0 unspecified atom stereocenters. The van der Waals surface area contributed by atoms with Crippen molar-refractivity contribution < 1.29 is 18.0 Å². The number of anilines is 1. The molecule has 0 spiro atoms. The number of hydrogen-bond donors (Lipinski definition) is 0. The van der Waals surface area contributed by atoms with Crippen molar-refractivity contribution in [3.63, 3.8) is 0 Å². The summed E-state index contributed by atoms with van der Waals surface area (Å²) in [4.78, 5) is 15.3. The minimum absolute atomic E-state index is 0.235. The first-order valence-electron chi connectivity index (χ1n) is 9.48. The van der Waals surface area contributed by atoms with E-state index in [2.05, 4.69) is 10.00 Å². The third-order valence-electron chi connectivity index (χ3n) is 5.18. The Kier molecular flexibility index (Phi) is 4.90. The van der Waals surface area contributed by atoms with Crippen LogP contribution in [0.3, 0.4) is 0 Å². The molecule has 0 amide bonds. The number of carbonyl (C=O) groups is 1. The van der Waals surface area contributed by atoms with Crippen LogP contribution in [0.4, 0.5) is 18.9 Å². The zero-order valence-corrected chi connectivity index (χ0v) is 15.9. The standard InChI is InChI=1S/C22H20F3N3O/c1-15-20(27-12-5-6-13-27)19(21(29)16-8-3-2-4-9-16)26-28(15)18-11-7-10-17(14-18)22(23,24)25/h2-4,7-11,14H,5-6,12-13H2,1H3. The van der Waals surface area contributed by atoms with E-state index in [9.17, 15) is 18.0 Å². The van der Waals surface area contributed by atoms with Gasteiger partial charge in [0, 0.05) is 18.7 Å². The van der Waals surface area contributed by atoms with Gasteiger partial charge in [-0.15, -0.1) is 0 Å². The van der Waals surface area contributed by atoms with E-state index in [1.54, 1.807) is 37.3 Å². The highest BCUT2D eigenvalue weighted by Gasteiger charge is 2.32. The van der Waals surface area contributed by atoms with E-state index in [1.807, 2.05) is 6.07 Å². The van der Waals surface area contributed by atoms with E-state index in [-0.39, 0.29) is 17.2 Å². The van der Waals surface area contributed by atoms with Crippen molar-refractivity contribution in [1.29, 1.82) is 0 Å². The summed E-state index contributed by atoms with van der Waals surface area (Å²) in [6.07, 6.45) is -2.43. The van der Waals surface area contributed by atoms with Crippen molar-refractivity contribution in [1.82, 2.24) is 9.78 Å². The molecule has 4 rings (SSSR count). The molecule has 0 N–H and O–H groups in total. The molecule has 2 heterocycles. The van der Waals surface area contributed by atoms with Crippen LogP contribution in [-0.4, -0.2) is 28.7 Å². The normalized spacial score (nSPS) is 14.4. The van der Waals surface area contributed by atoms with Gasteiger partial charge in [-0.3, -0.25) is 4.79 Å². The molecular weight excluding hydrogens is 379 g/mol. The number of nitrogens with zero attached hydrogens (tertiary/aromatic N) is 3. The van der Waals surface area contributed by atoms with Crippen LogP contribution < -0.4 is 4.90 Å². The number of benzene rings is 2. The Bertz CT molecular complexity index is 1040. The third-order valence-corrected chi connectivity index (χ3v) is 5.18. The predicted molar refractivity (Wildman–Crippen MR) is 105 cm³/mol. The first-order valence-corrected chi connectivity index (χ1v) is 9.48. The first kappa shape index (κ1) is 19.2. The third kappa shape index (κ3) is 3.64. The lowest BCUT2D eigenvalue weighted by molar-refractivity contribution is -0.137. The van der Waals surface area contributed by atoms with Crippen LogP contribution in [0.5, 0.6) is 0 Å². The van der Waals surface area contributed by atoms with Crippen molar-refractivity contribution in [2.24, 2.45) is 0 Å². The smallest absolute Gasteiger partial charge is 0.368 e. The Morgan fingerprint density at radius 3 is 2.34 bits per heavy atom. The molecule has 4 nitrogen and oxygen atoms in total. The van der Waals surface area contributed by atoms with Crippen LogP contribution in [-0.2, 0) is 6.18 Å². The first-order chi connectivity index (χ1) is 13.9. The number of carbonyl (C=O) groups excluding carboxylic acids is 1. The molecule has 3 aromatic rings. The van der Waals surface area contributed by atoms with E-state index in [4.69, 9.17) is 0 Å². The molecule has 2 aromatic carbocycles. The lowest BCUT2D eigenvalue weighted by Gasteiger charge is -2.18. The molecule has 1 fully saturated rings. The Labute approximate surface area is 166 Å². The average Bonchev–Trinajstić information content (AvgIpc) is 3.35.